The zero-order chi connectivity index (χ0) is 17.5. The molecule has 1 aromatic heterocycles. The number of nitrogens with zero attached hydrogens (tertiary/aromatic N) is 3. The molecule has 2 aromatic rings. The van der Waals surface area contributed by atoms with Gasteiger partial charge in [-0.25, -0.2) is 9.48 Å². The maximum atomic E-state index is 12.3. The van der Waals surface area contributed by atoms with E-state index in [-0.39, 0.29) is 6.03 Å². The van der Waals surface area contributed by atoms with Gasteiger partial charge in [0, 0.05) is 38.6 Å². The van der Waals surface area contributed by atoms with Crippen molar-refractivity contribution in [2.45, 2.75) is 18.9 Å². The number of methoxy groups -OCH3 is 1. The van der Waals surface area contributed by atoms with Gasteiger partial charge in [0.2, 0.25) is 0 Å². The Bertz CT molecular complexity index is 674. The maximum Gasteiger partial charge on any atom is 0.319 e. The minimum Gasteiger partial charge on any atom is -0.383 e. The lowest BCUT2D eigenvalue weighted by atomic mass is 10.2. The van der Waals surface area contributed by atoms with Gasteiger partial charge < -0.3 is 15.4 Å². The molecule has 2 heterocycles. The summed E-state index contributed by atoms with van der Waals surface area (Å²) in [7, 11) is 1.72. The Hall–Kier alpha value is -2.38. The number of hydrogen-bond donors (Lipinski definition) is 2. The predicted octanol–water partition coefficient (Wildman–Crippen LogP) is 2.10. The third kappa shape index (κ3) is 4.58. The fourth-order valence-corrected chi connectivity index (χ4v) is 3.20. The van der Waals surface area contributed by atoms with Gasteiger partial charge in [-0.1, -0.05) is 12.1 Å². The van der Waals surface area contributed by atoms with Crippen LogP contribution in [0.4, 0.5) is 10.5 Å². The molecule has 1 fully saturated rings. The van der Waals surface area contributed by atoms with E-state index < -0.39 is 0 Å². The molecule has 1 saturated heterocycles. The first-order valence-corrected chi connectivity index (χ1v) is 8.65. The summed E-state index contributed by atoms with van der Waals surface area (Å²) in [5.74, 6) is 0. The third-order valence-corrected chi connectivity index (χ3v) is 4.48. The average Bonchev–Trinajstić information content (AvgIpc) is 3.30. The van der Waals surface area contributed by atoms with Gasteiger partial charge in [0.05, 0.1) is 18.0 Å². The molecule has 1 aliphatic rings. The number of aromatic nitrogens is 2. The first-order valence-electron chi connectivity index (χ1n) is 8.65. The van der Waals surface area contributed by atoms with E-state index in [9.17, 15) is 4.79 Å². The quantitative estimate of drug-likeness (QED) is 0.808. The predicted molar refractivity (Wildman–Crippen MR) is 97.1 cm³/mol. The molecule has 134 valence electrons. The summed E-state index contributed by atoms with van der Waals surface area (Å²) >= 11 is 0. The van der Waals surface area contributed by atoms with E-state index in [1.807, 2.05) is 36.5 Å². The third-order valence-electron chi connectivity index (χ3n) is 4.48. The summed E-state index contributed by atoms with van der Waals surface area (Å²) in [5, 5.41) is 10.1. The number of carbonyl (C=O) groups excluding carboxylic acids is 1. The standard InChI is InChI=1S/C18H25N5O2/c1-25-13-12-22-10-4-6-15(22)14-19-18(24)21-16-7-2-3-8-17(16)23-11-5-9-20-23/h2-3,5,7-9,11,15H,4,6,10,12-14H2,1H3,(H2,19,21,24)/t15-/m0/s1. The zero-order valence-corrected chi connectivity index (χ0v) is 14.5. The number of likely N-dealkylation sites (tertiary alicyclic amines) is 1. The van der Waals surface area contributed by atoms with Gasteiger partial charge in [0.15, 0.2) is 0 Å². The number of amides is 2. The lowest BCUT2D eigenvalue weighted by molar-refractivity contribution is 0.140. The molecule has 0 saturated carbocycles. The second kappa shape index (κ2) is 8.64. The van der Waals surface area contributed by atoms with Gasteiger partial charge in [-0.3, -0.25) is 4.90 Å². The van der Waals surface area contributed by atoms with Crippen LogP contribution in [-0.2, 0) is 4.74 Å². The Labute approximate surface area is 148 Å². The molecule has 0 unspecified atom stereocenters. The van der Waals surface area contributed by atoms with Crippen LogP contribution in [0.3, 0.4) is 0 Å². The normalized spacial score (nSPS) is 17.6. The Balaban J connectivity index is 1.55. The van der Waals surface area contributed by atoms with Gasteiger partial charge in [0.25, 0.3) is 0 Å². The SMILES string of the molecule is COCCN1CCC[C@H]1CNC(=O)Nc1ccccc1-n1cccn1. The van der Waals surface area contributed by atoms with Crippen molar-refractivity contribution in [3.8, 4) is 5.69 Å². The highest BCUT2D eigenvalue weighted by atomic mass is 16.5. The molecule has 0 spiro atoms. The summed E-state index contributed by atoms with van der Waals surface area (Å²) in [4.78, 5) is 14.7. The van der Waals surface area contributed by atoms with Crippen LogP contribution in [0.1, 0.15) is 12.8 Å². The van der Waals surface area contributed by atoms with Crippen LogP contribution >= 0.6 is 0 Å². The van der Waals surface area contributed by atoms with Gasteiger partial charge in [-0.05, 0) is 37.6 Å². The molecule has 7 heteroatoms. The van der Waals surface area contributed by atoms with E-state index in [2.05, 4.69) is 20.6 Å². The largest absolute Gasteiger partial charge is 0.383 e. The molecule has 0 radical (unpaired) electrons. The number of anilines is 1. The molecule has 25 heavy (non-hydrogen) atoms. The van der Waals surface area contributed by atoms with E-state index in [1.54, 1.807) is 18.0 Å². The molecule has 1 aromatic carbocycles. The Kier molecular flexibility index (Phi) is 6.03. The van der Waals surface area contributed by atoms with Gasteiger partial charge in [-0.2, -0.15) is 5.10 Å². The molecule has 0 bridgehead atoms. The van der Waals surface area contributed by atoms with Crippen molar-refractivity contribution in [2.24, 2.45) is 0 Å². The molecular formula is C18H25N5O2. The van der Waals surface area contributed by atoms with Crippen LogP contribution in [0.25, 0.3) is 5.69 Å². The maximum absolute atomic E-state index is 12.3. The first kappa shape index (κ1) is 17.4. The van der Waals surface area contributed by atoms with Gasteiger partial charge in [-0.15, -0.1) is 0 Å². The van der Waals surface area contributed by atoms with E-state index in [0.29, 0.717) is 12.6 Å². The van der Waals surface area contributed by atoms with Crippen LogP contribution in [-0.4, -0.2) is 60.1 Å². The topological polar surface area (TPSA) is 71.4 Å². The van der Waals surface area contributed by atoms with Gasteiger partial charge >= 0.3 is 6.03 Å². The molecule has 1 aliphatic heterocycles. The molecule has 2 amide bonds. The molecule has 2 N–H and O–H groups in total. The van der Waals surface area contributed by atoms with Crippen LogP contribution in [0.2, 0.25) is 0 Å². The van der Waals surface area contributed by atoms with Crippen molar-refractivity contribution in [3.63, 3.8) is 0 Å². The smallest absolute Gasteiger partial charge is 0.319 e. The van der Waals surface area contributed by atoms with Crippen LogP contribution in [0.15, 0.2) is 42.7 Å². The lowest BCUT2D eigenvalue weighted by Crippen LogP contribution is -2.42. The van der Waals surface area contributed by atoms with Crippen molar-refractivity contribution < 1.29 is 9.53 Å². The fourth-order valence-electron chi connectivity index (χ4n) is 3.20. The van der Waals surface area contributed by atoms with E-state index in [1.165, 1.54) is 6.42 Å². The number of para-hydroxylation sites is 2. The van der Waals surface area contributed by atoms with Crippen molar-refractivity contribution in [3.05, 3.63) is 42.7 Å². The summed E-state index contributed by atoms with van der Waals surface area (Å²) < 4.78 is 6.89. The minimum atomic E-state index is -0.196. The van der Waals surface area contributed by atoms with E-state index in [0.717, 1.165) is 37.5 Å². The summed E-state index contributed by atoms with van der Waals surface area (Å²) in [6.07, 6.45) is 5.84. The van der Waals surface area contributed by atoms with Crippen molar-refractivity contribution >= 4 is 11.7 Å². The number of benzene rings is 1. The summed E-state index contributed by atoms with van der Waals surface area (Å²) in [6.45, 7) is 3.34. The Morgan fingerprint density at radius 2 is 2.24 bits per heavy atom. The second-order valence-electron chi connectivity index (χ2n) is 6.13. The molecular weight excluding hydrogens is 318 g/mol. The summed E-state index contributed by atoms with van der Waals surface area (Å²) in [6, 6.07) is 9.65. The van der Waals surface area contributed by atoms with E-state index in [4.69, 9.17) is 4.74 Å². The average molecular weight is 343 g/mol. The number of urea groups is 1. The van der Waals surface area contributed by atoms with E-state index >= 15 is 0 Å². The number of rotatable bonds is 7. The highest BCUT2D eigenvalue weighted by molar-refractivity contribution is 5.91. The minimum absolute atomic E-state index is 0.196. The molecule has 3 rings (SSSR count). The van der Waals surface area contributed by atoms with Crippen molar-refractivity contribution in [1.82, 2.24) is 20.0 Å². The monoisotopic (exact) mass is 343 g/mol. The number of ether oxygens (including phenoxy) is 1. The van der Waals surface area contributed by atoms with Crippen LogP contribution in [0.5, 0.6) is 0 Å². The molecule has 1 atom stereocenters. The first-order chi connectivity index (χ1) is 12.3. The number of hydrogen-bond acceptors (Lipinski definition) is 4. The van der Waals surface area contributed by atoms with Crippen LogP contribution < -0.4 is 10.6 Å². The highest BCUT2D eigenvalue weighted by Gasteiger charge is 2.24. The van der Waals surface area contributed by atoms with Crippen molar-refractivity contribution in [2.75, 3.05) is 38.7 Å². The van der Waals surface area contributed by atoms with Gasteiger partial charge in [0.1, 0.15) is 0 Å². The molecule has 0 aliphatic carbocycles. The number of carbonyl (C=O) groups is 1. The molecule has 7 nitrogen and oxygen atoms in total. The van der Waals surface area contributed by atoms with Crippen LogP contribution in [0, 0.1) is 0 Å². The Morgan fingerprint density at radius 1 is 1.36 bits per heavy atom. The second-order valence-corrected chi connectivity index (χ2v) is 6.13. The Morgan fingerprint density at radius 3 is 3.04 bits per heavy atom. The fraction of sp³-hybridized carbons (Fsp3) is 0.444. The summed E-state index contributed by atoms with van der Waals surface area (Å²) in [5.41, 5.74) is 1.57. The lowest BCUT2D eigenvalue weighted by Gasteiger charge is -2.24. The zero-order valence-electron chi connectivity index (χ0n) is 14.5. The number of nitrogens with one attached hydrogen (secondary N) is 2. The highest BCUT2D eigenvalue weighted by Crippen LogP contribution is 2.19. The van der Waals surface area contributed by atoms with Crippen molar-refractivity contribution in [1.29, 1.82) is 0 Å².